The van der Waals surface area contributed by atoms with Gasteiger partial charge in [0, 0.05) is 32.6 Å². The molecule has 1 aromatic heterocycles. The van der Waals surface area contributed by atoms with Gasteiger partial charge in [0.2, 0.25) is 0 Å². The minimum Gasteiger partial charge on any atom is -0.379 e. The van der Waals surface area contributed by atoms with Crippen molar-refractivity contribution in [3.05, 3.63) is 27.8 Å². The number of thiazole rings is 1. The third-order valence-electron chi connectivity index (χ3n) is 5.07. The molecular formula is C19H26ClN3O3S. The van der Waals surface area contributed by atoms with Gasteiger partial charge in [-0.15, -0.1) is 0 Å². The van der Waals surface area contributed by atoms with E-state index in [-0.39, 0.29) is 6.23 Å². The van der Waals surface area contributed by atoms with Crippen molar-refractivity contribution in [2.24, 2.45) is 0 Å². The van der Waals surface area contributed by atoms with Crippen molar-refractivity contribution in [1.29, 1.82) is 0 Å². The zero-order valence-corrected chi connectivity index (χ0v) is 17.1. The van der Waals surface area contributed by atoms with Crippen molar-refractivity contribution in [2.75, 3.05) is 64.1 Å². The first kappa shape index (κ1) is 19.4. The smallest absolute Gasteiger partial charge is 0.187 e. The quantitative estimate of drug-likeness (QED) is 0.712. The van der Waals surface area contributed by atoms with Gasteiger partial charge in [-0.1, -0.05) is 35.1 Å². The maximum Gasteiger partial charge on any atom is 0.187 e. The van der Waals surface area contributed by atoms with Crippen molar-refractivity contribution in [1.82, 2.24) is 9.88 Å². The normalized spacial score (nSPS) is 27.1. The van der Waals surface area contributed by atoms with E-state index >= 15 is 0 Å². The molecule has 6 nitrogen and oxygen atoms in total. The Bertz CT molecular complexity index is 696. The van der Waals surface area contributed by atoms with Crippen LogP contribution in [-0.4, -0.2) is 75.3 Å². The third-order valence-corrected chi connectivity index (χ3v) is 6.53. The number of anilines is 1. The first-order valence-corrected chi connectivity index (χ1v) is 10.7. The van der Waals surface area contributed by atoms with E-state index in [1.54, 1.807) is 11.3 Å². The minimum atomic E-state index is 0.0909. The first-order valence-electron chi connectivity index (χ1n) is 9.47. The van der Waals surface area contributed by atoms with Gasteiger partial charge in [-0.25, -0.2) is 4.98 Å². The average molecular weight is 412 g/mol. The van der Waals surface area contributed by atoms with Crippen molar-refractivity contribution in [3.8, 4) is 0 Å². The molecule has 148 valence electrons. The molecule has 1 atom stereocenters. The molecule has 27 heavy (non-hydrogen) atoms. The van der Waals surface area contributed by atoms with Gasteiger partial charge < -0.3 is 19.1 Å². The standard InChI is InChI=1S/C19H26ClN3O3S/c1-14-10-15(13-26-17(11-14)22-2-6-24-7-3-22)12-16-18(20)21-19(27-16)23-4-8-25-9-5-23/h12,17H,1-11,13H2/b15-12+. The molecule has 3 saturated heterocycles. The molecule has 3 aliphatic heterocycles. The second-order valence-corrected chi connectivity index (χ2v) is 8.47. The van der Waals surface area contributed by atoms with E-state index in [4.69, 9.17) is 25.8 Å². The highest BCUT2D eigenvalue weighted by Crippen LogP contribution is 2.34. The highest BCUT2D eigenvalue weighted by molar-refractivity contribution is 7.17. The van der Waals surface area contributed by atoms with Gasteiger partial charge in [-0.3, -0.25) is 4.90 Å². The number of hydrogen-bond donors (Lipinski definition) is 0. The van der Waals surface area contributed by atoms with Crippen molar-refractivity contribution < 1.29 is 14.2 Å². The fourth-order valence-corrected chi connectivity index (χ4v) is 4.91. The van der Waals surface area contributed by atoms with E-state index in [2.05, 4.69) is 27.4 Å². The number of rotatable bonds is 3. The Labute approximate surface area is 169 Å². The Morgan fingerprint density at radius 3 is 2.56 bits per heavy atom. The lowest BCUT2D eigenvalue weighted by Crippen LogP contribution is -2.44. The fraction of sp³-hybridized carbons (Fsp3) is 0.632. The van der Waals surface area contributed by atoms with Crippen molar-refractivity contribution in [3.63, 3.8) is 0 Å². The Kier molecular flexibility index (Phi) is 6.47. The summed E-state index contributed by atoms with van der Waals surface area (Å²) in [5, 5.41) is 1.53. The van der Waals surface area contributed by atoms with Crippen LogP contribution in [0.2, 0.25) is 5.15 Å². The summed E-state index contributed by atoms with van der Waals surface area (Å²) in [4.78, 5) is 10.1. The lowest BCUT2D eigenvalue weighted by Gasteiger charge is -2.33. The SMILES string of the molecule is C=C1C/C(=C\c2sc(N3CCOCC3)nc2Cl)COC(N2CCOCC2)C1. The predicted octanol–water partition coefficient (Wildman–Crippen LogP) is 3.04. The van der Waals surface area contributed by atoms with Crippen LogP contribution in [-0.2, 0) is 14.2 Å². The summed E-state index contributed by atoms with van der Waals surface area (Å²) >= 11 is 8.06. The highest BCUT2D eigenvalue weighted by Gasteiger charge is 2.25. The van der Waals surface area contributed by atoms with Crippen LogP contribution in [0.1, 0.15) is 17.7 Å². The number of nitrogens with zero attached hydrogens (tertiary/aromatic N) is 3. The van der Waals surface area contributed by atoms with Crippen LogP contribution < -0.4 is 4.90 Å². The number of ether oxygens (including phenoxy) is 3. The number of aromatic nitrogens is 1. The fourth-order valence-electron chi connectivity index (χ4n) is 3.61. The maximum absolute atomic E-state index is 6.42. The van der Waals surface area contributed by atoms with E-state index < -0.39 is 0 Å². The van der Waals surface area contributed by atoms with Gasteiger partial charge in [0.05, 0.1) is 37.9 Å². The molecule has 1 aromatic rings. The van der Waals surface area contributed by atoms with Crippen LogP contribution in [0.5, 0.6) is 0 Å². The van der Waals surface area contributed by atoms with Crippen LogP contribution in [0.3, 0.4) is 0 Å². The molecule has 0 amide bonds. The summed E-state index contributed by atoms with van der Waals surface area (Å²) in [6, 6.07) is 0. The van der Waals surface area contributed by atoms with Gasteiger partial charge in [-0.05, 0) is 18.1 Å². The molecule has 3 fully saturated rings. The predicted molar refractivity (Wildman–Crippen MR) is 109 cm³/mol. The van der Waals surface area contributed by atoms with E-state index in [9.17, 15) is 0 Å². The molecule has 0 spiro atoms. The van der Waals surface area contributed by atoms with E-state index in [0.29, 0.717) is 11.8 Å². The van der Waals surface area contributed by atoms with Crippen LogP contribution in [0, 0.1) is 0 Å². The second kappa shape index (κ2) is 9.03. The number of halogens is 1. The van der Waals surface area contributed by atoms with E-state index in [1.165, 1.54) is 11.1 Å². The summed E-state index contributed by atoms with van der Waals surface area (Å²) in [7, 11) is 0. The first-order chi connectivity index (χ1) is 13.2. The van der Waals surface area contributed by atoms with Gasteiger partial charge in [0.15, 0.2) is 5.13 Å². The monoisotopic (exact) mass is 411 g/mol. The summed E-state index contributed by atoms with van der Waals surface area (Å²) < 4.78 is 17.1. The summed E-state index contributed by atoms with van der Waals surface area (Å²) in [6.07, 6.45) is 3.94. The molecule has 8 heteroatoms. The molecule has 4 heterocycles. The molecule has 0 aromatic carbocycles. The van der Waals surface area contributed by atoms with Crippen molar-refractivity contribution >= 4 is 34.1 Å². The topological polar surface area (TPSA) is 47.1 Å². The van der Waals surface area contributed by atoms with Gasteiger partial charge >= 0.3 is 0 Å². The highest BCUT2D eigenvalue weighted by atomic mass is 35.5. The van der Waals surface area contributed by atoms with Gasteiger partial charge in [0.25, 0.3) is 0 Å². The van der Waals surface area contributed by atoms with Gasteiger partial charge in [-0.2, -0.15) is 0 Å². The molecule has 0 radical (unpaired) electrons. The number of hydrogen-bond acceptors (Lipinski definition) is 7. The molecule has 1 unspecified atom stereocenters. The molecule has 0 saturated carbocycles. The molecular weight excluding hydrogens is 386 g/mol. The lowest BCUT2D eigenvalue weighted by atomic mass is 10.0. The van der Waals surface area contributed by atoms with Crippen LogP contribution in [0.15, 0.2) is 17.7 Å². The average Bonchev–Trinajstić information content (AvgIpc) is 2.95. The zero-order chi connectivity index (χ0) is 18.6. The minimum absolute atomic E-state index is 0.0909. The Balaban J connectivity index is 1.45. The molecule has 3 aliphatic rings. The molecule has 4 rings (SSSR count). The number of morpholine rings is 2. The zero-order valence-electron chi connectivity index (χ0n) is 15.5. The Morgan fingerprint density at radius 2 is 1.81 bits per heavy atom. The third kappa shape index (κ3) is 4.91. The van der Waals surface area contributed by atoms with Crippen LogP contribution in [0.4, 0.5) is 5.13 Å². The van der Waals surface area contributed by atoms with Crippen molar-refractivity contribution in [2.45, 2.75) is 19.1 Å². The molecule has 0 bridgehead atoms. The van der Waals surface area contributed by atoms with Crippen LogP contribution >= 0.6 is 22.9 Å². The summed E-state index contributed by atoms with van der Waals surface area (Å²) in [5.74, 6) is 0. The van der Waals surface area contributed by atoms with Gasteiger partial charge in [0.1, 0.15) is 11.4 Å². The van der Waals surface area contributed by atoms with E-state index in [1.807, 2.05) is 0 Å². The Hall–Kier alpha value is -0.960. The largest absolute Gasteiger partial charge is 0.379 e. The van der Waals surface area contributed by atoms with E-state index in [0.717, 1.165) is 75.5 Å². The Morgan fingerprint density at radius 1 is 1.11 bits per heavy atom. The summed E-state index contributed by atoms with van der Waals surface area (Å²) in [6.45, 7) is 11.5. The maximum atomic E-state index is 6.42. The summed E-state index contributed by atoms with van der Waals surface area (Å²) in [5.41, 5.74) is 2.40. The molecule has 0 N–H and O–H groups in total. The van der Waals surface area contributed by atoms with Crippen LogP contribution in [0.25, 0.3) is 6.08 Å². The molecule has 0 aliphatic carbocycles. The lowest BCUT2D eigenvalue weighted by molar-refractivity contribution is -0.0866. The second-order valence-electron chi connectivity index (χ2n) is 7.10.